The zero-order valence-corrected chi connectivity index (χ0v) is 15.0. The number of hydrogen-bond acceptors (Lipinski definition) is 4. The number of rotatable bonds is 3. The van der Waals surface area contributed by atoms with E-state index in [9.17, 15) is 9.59 Å². The van der Waals surface area contributed by atoms with E-state index in [0.717, 1.165) is 43.3 Å². The minimum absolute atomic E-state index is 0.0000256. The Morgan fingerprint density at radius 3 is 2.65 bits per heavy atom. The number of benzene rings is 1. The number of amides is 1. The van der Waals surface area contributed by atoms with Crippen molar-refractivity contribution in [3.8, 4) is 0 Å². The molecule has 2 atom stereocenters. The third kappa shape index (κ3) is 3.15. The number of aromatic amines is 1. The number of ether oxygens (including phenoxy) is 1. The number of carbonyl (C=O) groups excluding carboxylic acids is 1. The molecule has 6 heteroatoms. The van der Waals surface area contributed by atoms with Gasteiger partial charge in [0.1, 0.15) is 5.69 Å². The molecular formula is C20H25N3O3. The maximum Gasteiger partial charge on any atom is 0.268 e. The van der Waals surface area contributed by atoms with Gasteiger partial charge in [-0.15, -0.1) is 0 Å². The van der Waals surface area contributed by atoms with Crippen LogP contribution in [0.3, 0.4) is 0 Å². The van der Waals surface area contributed by atoms with Crippen LogP contribution in [0.5, 0.6) is 0 Å². The van der Waals surface area contributed by atoms with Crippen molar-refractivity contribution in [2.45, 2.75) is 38.3 Å². The lowest BCUT2D eigenvalue weighted by Gasteiger charge is -2.31. The summed E-state index contributed by atoms with van der Waals surface area (Å²) in [6.45, 7) is 4.56. The molecule has 0 aliphatic carbocycles. The number of pyridine rings is 1. The Kier molecular flexibility index (Phi) is 4.78. The number of aryl methyl sites for hydroxylation is 1. The van der Waals surface area contributed by atoms with Crippen molar-refractivity contribution in [1.29, 1.82) is 0 Å². The predicted octanol–water partition coefficient (Wildman–Crippen LogP) is 1.72. The number of H-pyrrole nitrogens is 1. The van der Waals surface area contributed by atoms with Crippen molar-refractivity contribution < 1.29 is 9.53 Å². The fourth-order valence-corrected chi connectivity index (χ4v) is 4.29. The van der Waals surface area contributed by atoms with Gasteiger partial charge in [0.15, 0.2) is 0 Å². The van der Waals surface area contributed by atoms with Crippen molar-refractivity contribution in [3.63, 3.8) is 0 Å². The second-order valence-electron chi connectivity index (χ2n) is 7.29. The fraction of sp³-hybridized carbons (Fsp3) is 0.500. The molecule has 138 valence electrons. The van der Waals surface area contributed by atoms with Crippen LogP contribution < -0.4 is 16.2 Å². The number of hydrogen-bond donors (Lipinski definition) is 3. The molecule has 1 amide bonds. The van der Waals surface area contributed by atoms with Gasteiger partial charge in [-0.2, -0.15) is 0 Å². The highest BCUT2D eigenvalue weighted by molar-refractivity contribution is 5.99. The standard InChI is InChI=1S/C20H25N3O3/c1-12-14-4-2-3-5-15(14)19(24)23-17(12)20(25)22-16-8-11-26-18(16)13-6-9-21-10-7-13/h2-5,13,16,18,21H,6-11H2,1H3,(H,22,25)(H,23,24)/t16-,18+/m1/s1. The lowest BCUT2D eigenvalue weighted by atomic mass is 9.88. The van der Waals surface area contributed by atoms with Crippen LogP contribution >= 0.6 is 0 Å². The van der Waals surface area contributed by atoms with E-state index in [4.69, 9.17) is 4.74 Å². The van der Waals surface area contributed by atoms with Crippen molar-refractivity contribution in [3.05, 3.63) is 45.9 Å². The smallest absolute Gasteiger partial charge is 0.268 e. The van der Waals surface area contributed by atoms with Gasteiger partial charge in [0.25, 0.3) is 11.5 Å². The van der Waals surface area contributed by atoms with Gasteiger partial charge in [-0.1, -0.05) is 18.2 Å². The molecule has 0 unspecified atom stereocenters. The highest BCUT2D eigenvalue weighted by Gasteiger charge is 2.36. The Balaban J connectivity index is 1.57. The summed E-state index contributed by atoms with van der Waals surface area (Å²) in [5.74, 6) is 0.251. The summed E-state index contributed by atoms with van der Waals surface area (Å²) in [6.07, 6.45) is 3.02. The lowest BCUT2D eigenvalue weighted by Crippen LogP contribution is -2.46. The first kappa shape index (κ1) is 17.2. The van der Waals surface area contributed by atoms with E-state index < -0.39 is 0 Å². The molecule has 6 nitrogen and oxygen atoms in total. The molecule has 0 saturated carbocycles. The van der Waals surface area contributed by atoms with E-state index in [0.29, 0.717) is 23.6 Å². The Morgan fingerprint density at radius 1 is 1.15 bits per heavy atom. The summed E-state index contributed by atoms with van der Waals surface area (Å²) in [5, 5.41) is 7.92. The first-order valence-corrected chi connectivity index (χ1v) is 9.40. The molecule has 3 N–H and O–H groups in total. The number of carbonyl (C=O) groups is 1. The van der Waals surface area contributed by atoms with Crippen LogP contribution in [0.25, 0.3) is 10.8 Å². The predicted molar refractivity (Wildman–Crippen MR) is 101 cm³/mol. The van der Waals surface area contributed by atoms with Gasteiger partial charge in [0.2, 0.25) is 0 Å². The molecule has 0 radical (unpaired) electrons. The van der Waals surface area contributed by atoms with E-state index >= 15 is 0 Å². The van der Waals surface area contributed by atoms with E-state index in [-0.39, 0.29) is 23.6 Å². The number of piperidine rings is 1. The van der Waals surface area contributed by atoms with Gasteiger partial charge in [0, 0.05) is 12.0 Å². The Bertz CT molecular complexity index is 870. The largest absolute Gasteiger partial charge is 0.376 e. The third-order valence-corrected chi connectivity index (χ3v) is 5.72. The SMILES string of the molecule is Cc1c(C(=O)N[C@@H]2CCO[C@H]2C2CCNCC2)[nH]c(=O)c2ccccc12. The second kappa shape index (κ2) is 7.21. The average molecular weight is 355 g/mol. The minimum atomic E-state index is -0.228. The monoisotopic (exact) mass is 355 g/mol. The minimum Gasteiger partial charge on any atom is -0.376 e. The maximum atomic E-state index is 12.9. The van der Waals surface area contributed by atoms with Crippen LogP contribution in [0.15, 0.2) is 29.1 Å². The molecule has 2 fully saturated rings. The summed E-state index contributed by atoms with van der Waals surface area (Å²) in [6, 6.07) is 7.37. The highest BCUT2D eigenvalue weighted by atomic mass is 16.5. The summed E-state index contributed by atoms with van der Waals surface area (Å²) in [4.78, 5) is 28.0. The van der Waals surface area contributed by atoms with E-state index in [2.05, 4.69) is 15.6 Å². The molecule has 4 rings (SSSR count). The molecule has 2 aliphatic heterocycles. The van der Waals surface area contributed by atoms with Crippen LogP contribution in [0.1, 0.15) is 35.3 Å². The fourth-order valence-electron chi connectivity index (χ4n) is 4.29. The summed E-state index contributed by atoms with van der Waals surface area (Å²) in [7, 11) is 0. The van der Waals surface area contributed by atoms with Crippen molar-refractivity contribution in [2.75, 3.05) is 19.7 Å². The topological polar surface area (TPSA) is 83.2 Å². The zero-order chi connectivity index (χ0) is 18.1. The van der Waals surface area contributed by atoms with Gasteiger partial charge in [-0.05, 0) is 62.2 Å². The molecular weight excluding hydrogens is 330 g/mol. The van der Waals surface area contributed by atoms with E-state index in [1.807, 2.05) is 25.1 Å². The maximum absolute atomic E-state index is 12.9. The summed E-state index contributed by atoms with van der Waals surface area (Å²) in [5.41, 5.74) is 0.925. The Hall–Kier alpha value is -2.18. The van der Waals surface area contributed by atoms with Crippen molar-refractivity contribution in [1.82, 2.24) is 15.6 Å². The quantitative estimate of drug-likeness (QED) is 0.783. The van der Waals surface area contributed by atoms with E-state index in [1.165, 1.54) is 0 Å². The van der Waals surface area contributed by atoms with Crippen molar-refractivity contribution >= 4 is 16.7 Å². The van der Waals surface area contributed by atoms with Crippen LogP contribution in [0, 0.1) is 12.8 Å². The van der Waals surface area contributed by atoms with Gasteiger partial charge >= 0.3 is 0 Å². The average Bonchev–Trinajstić information content (AvgIpc) is 3.13. The van der Waals surface area contributed by atoms with Crippen LogP contribution in [0.2, 0.25) is 0 Å². The molecule has 26 heavy (non-hydrogen) atoms. The molecule has 2 saturated heterocycles. The Labute approximate surface area is 152 Å². The first-order chi connectivity index (χ1) is 12.6. The number of aromatic nitrogens is 1. The molecule has 1 aromatic carbocycles. The van der Waals surface area contributed by atoms with Gasteiger partial charge in [-0.25, -0.2) is 0 Å². The molecule has 1 aromatic heterocycles. The number of nitrogens with one attached hydrogen (secondary N) is 3. The normalized spacial score (nSPS) is 24.0. The molecule has 0 spiro atoms. The summed E-state index contributed by atoms with van der Waals surface area (Å²) >= 11 is 0. The molecule has 2 aromatic rings. The third-order valence-electron chi connectivity index (χ3n) is 5.72. The number of fused-ring (bicyclic) bond motifs is 1. The molecule has 2 aliphatic rings. The van der Waals surface area contributed by atoms with Crippen LogP contribution in [-0.4, -0.2) is 42.7 Å². The van der Waals surface area contributed by atoms with Gasteiger partial charge in [0.05, 0.1) is 12.1 Å². The second-order valence-corrected chi connectivity index (χ2v) is 7.29. The van der Waals surface area contributed by atoms with Gasteiger partial charge in [-0.3, -0.25) is 9.59 Å². The lowest BCUT2D eigenvalue weighted by molar-refractivity contribution is 0.0369. The van der Waals surface area contributed by atoms with E-state index in [1.54, 1.807) is 6.07 Å². The Morgan fingerprint density at radius 2 is 1.88 bits per heavy atom. The van der Waals surface area contributed by atoms with Crippen molar-refractivity contribution in [2.24, 2.45) is 5.92 Å². The van der Waals surface area contributed by atoms with Gasteiger partial charge < -0.3 is 20.4 Å². The molecule has 3 heterocycles. The summed E-state index contributed by atoms with van der Waals surface area (Å²) < 4.78 is 5.95. The first-order valence-electron chi connectivity index (χ1n) is 9.40. The molecule has 0 bridgehead atoms. The van der Waals surface area contributed by atoms with Crippen LogP contribution in [-0.2, 0) is 4.74 Å². The zero-order valence-electron chi connectivity index (χ0n) is 15.0. The van der Waals surface area contributed by atoms with Crippen LogP contribution in [0.4, 0.5) is 0 Å². The highest BCUT2D eigenvalue weighted by Crippen LogP contribution is 2.27.